The molecule has 0 saturated heterocycles. The van der Waals surface area contributed by atoms with E-state index in [-0.39, 0.29) is 12.3 Å². The molecule has 10 heteroatoms. The lowest BCUT2D eigenvalue weighted by Crippen LogP contribution is -2.56. The van der Waals surface area contributed by atoms with Crippen LogP contribution in [0.3, 0.4) is 0 Å². The van der Waals surface area contributed by atoms with Crippen LogP contribution in [0.5, 0.6) is 0 Å². The molecule has 0 radical (unpaired) electrons. The lowest BCUT2D eigenvalue weighted by Gasteiger charge is -2.24. The number of thioether (sulfide) groups is 1. The Morgan fingerprint density at radius 3 is 2.41 bits per heavy atom. The largest absolute Gasteiger partial charge is 0.368 e. The molecule has 0 bridgehead atoms. The number of imidazole rings is 1. The number of aromatic amines is 1. The first-order valence-corrected chi connectivity index (χ1v) is 10.3. The number of nitrogens with zero attached hydrogens (tertiary/aromatic N) is 1. The van der Waals surface area contributed by atoms with Crippen molar-refractivity contribution in [1.82, 2.24) is 20.6 Å². The summed E-state index contributed by atoms with van der Waals surface area (Å²) in [7, 11) is 0. The molecule has 0 fully saturated rings. The standard InChI is InChI=1S/C17H30N6O3S/c1-10(2)6-14(17(26)22-13(15(19)24)4-5-27-3)23-16(25)12(18)7-11-8-20-9-21-11/h8-10,12-14H,4-7,18H2,1-3H3,(H2,19,24)(H,20,21)(H,22,26)(H,23,25)/t12?,13-,14-/m0/s1. The van der Waals surface area contributed by atoms with Gasteiger partial charge in [0.15, 0.2) is 0 Å². The predicted octanol–water partition coefficient (Wildman–Crippen LogP) is -0.466. The van der Waals surface area contributed by atoms with Crippen LogP contribution in [0, 0.1) is 5.92 Å². The van der Waals surface area contributed by atoms with Gasteiger partial charge in [0.05, 0.1) is 18.1 Å². The van der Waals surface area contributed by atoms with Crippen LogP contribution in [0.4, 0.5) is 0 Å². The third-order valence-corrected chi connectivity index (χ3v) is 4.58. The van der Waals surface area contributed by atoms with Crippen LogP contribution in [0.25, 0.3) is 0 Å². The number of hydrogen-bond acceptors (Lipinski definition) is 6. The summed E-state index contributed by atoms with van der Waals surface area (Å²) in [5.74, 6) is -0.638. The quantitative estimate of drug-likeness (QED) is 0.320. The van der Waals surface area contributed by atoms with Crippen molar-refractivity contribution in [2.75, 3.05) is 12.0 Å². The Morgan fingerprint density at radius 1 is 1.22 bits per heavy atom. The fourth-order valence-corrected chi connectivity index (χ4v) is 2.97. The Morgan fingerprint density at radius 2 is 1.89 bits per heavy atom. The highest BCUT2D eigenvalue weighted by Gasteiger charge is 2.27. The van der Waals surface area contributed by atoms with Gasteiger partial charge in [-0.3, -0.25) is 14.4 Å². The van der Waals surface area contributed by atoms with Gasteiger partial charge in [-0.1, -0.05) is 13.8 Å². The summed E-state index contributed by atoms with van der Waals surface area (Å²) >= 11 is 1.56. The van der Waals surface area contributed by atoms with Gasteiger partial charge in [-0.25, -0.2) is 4.98 Å². The van der Waals surface area contributed by atoms with E-state index in [1.54, 1.807) is 18.0 Å². The topological polar surface area (TPSA) is 156 Å². The fourth-order valence-electron chi connectivity index (χ4n) is 2.50. The number of nitrogens with two attached hydrogens (primary N) is 2. The fraction of sp³-hybridized carbons (Fsp3) is 0.647. The SMILES string of the molecule is CSCC[C@H](NC(=O)[C@H](CC(C)C)NC(=O)C(N)Cc1c[nH]cn1)C(N)=O. The van der Waals surface area contributed by atoms with Crippen LogP contribution in [0.15, 0.2) is 12.5 Å². The Kier molecular flexibility index (Phi) is 9.87. The van der Waals surface area contributed by atoms with E-state index in [1.807, 2.05) is 20.1 Å². The van der Waals surface area contributed by atoms with Gasteiger partial charge in [0.2, 0.25) is 17.7 Å². The average molecular weight is 399 g/mol. The summed E-state index contributed by atoms with van der Waals surface area (Å²) in [4.78, 5) is 43.5. The van der Waals surface area contributed by atoms with Crippen LogP contribution in [0.2, 0.25) is 0 Å². The first-order chi connectivity index (χ1) is 12.7. The molecule has 0 aliphatic rings. The maximum Gasteiger partial charge on any atom is 0.243 e. The molecule has 0 aliphatic heterocycles. The first kappa shape index (κ1) is 23.0. The molecule has 152 valence electrons. The number of amides is 3. The molecule has 3 amide bonds. The van der Waals surface area contributed by atoms with Crippen molar-refractivity contribution in [3.63, 3.8) is 0 Å². The number of hydrogen-bond donors (Lipinski definition) is 5. The van der Waals surface area contributed by atoms with Crippen LogP contribution >= 0.6 is 11.8 Å². The van der Waals surface area contributed by atoms with E-state index in [9.17, 15) is 14.4 Å². The molecular weight excluding hydrogens is 368 g/mol. The summed E-state index contributed by atoms with van der Waals surface area (Å²) in [6, 6.07) is -2.40. The van der Waals surface area contributed by atoms with E-state index in [0.29, 0.717) is 24.3 Å². The van der Waals surface area contributed by atoms with Gasteiger partial charge in [-0.2, -0.15) is 11.8 Å². The second kappa shape index (κ2) is 11.6. The zero-order chi connectivity index (χ0) is 20.4. The summed E-state index contributed by atoms with van der Waals surface area (Å²) < 4.78 is 0. The molecule has 1 unspecified atom stereocenters. The van der Waals surface area contributed by atoms with Crippen molar-refractivity contribution in [3.05, 3.63) is 18.2 Å². The number of primary amides is 1. The lowest BCUT2D eigenvalue weighted by molar-refractivity contribution is -0.132. The van der Waals surface area contributed by atoms with Gasteiger partial charge >= 0.3 is 0 Å². The minimum atomic E-state index is -0.834. The molecule has 0 aliphatic carbocycles. The highest BCUT2D eigenvalue weighted by Crippen LogP contribution is 2.08. The summed E-state index contributed by atoms with van der Waals surface area (Å²) in [6.45, 7) is 3.88. The maximum atomic E-state index is 12.6. The van der Waals surface area contributed by atoms with Gasteiger partial charge in [0.25, 0.3) is 0 Å². The van der Waals surface area contributed by atoms with E-state index in [0.717, 1.165) is 0 Å². The van der Waals surface area contributed by atoms with Crippen molar-refractivity contribution in [2.24, 2.45) is 17.4 Å². The molecule has 1 heterocycles. The molecular formula is C17H30N6O3S. The first-order valence-electron chi connectivity index (χ1n) is 8.86. The average Bonchev–Trinajstić information content (AvgIpc) is 3.09. The molecule has 7 N–H and O–H groups in total. The lowest BCUT2D eigenvalue weighted by atomic mass is 10.0. The summed E-state index contributed by atoms with van der Waals surface area (Å²) in [5.41, 5.74) is 12.0. The number of rotatable bonds is 12. The van der Waals surface area contributed by atoms with Crippen molar-refractivity contribution in [1.29, 1.82) is 0 Å². The minimum absolute atomic E-state index is 0.154. The Labute approximate surface area is 163 Å². The van der Waals surface area contributed by atoms with E-state index in [2.05, 4.69) is 20.6 Å². The van der Waals surface area contributed by atoms with Gasteiger partial charge in [0.1, 0.15) is 12.1 Å². The number of H-pyrrole nitrogens is 1. The maximum absolute atomic E-state index is 12.6. The second-order valence-electron chi connectivity index (χ2n) is 6.81. The number of aromatic nitrogens is 2. The molecule has 9 nitrogen and oxygen atoms in total. The van der Waals surface area contributed by atoms with Crippen LogP contribution < -0.4 is 22.1 Å². The van der Waals surface area contributed by atoms with Crippen LogP contribution in [-0.2, 0) is 20.8 Å². The molecule has 3 atom stereocenters. The van der Waals surface area contributed by atoms with Crippen molar-refractivity contribution >= 4 is 29.5 Å². The van der Waals surface area contributed by atoms with Gasteiger partial charge in [-0.15, -0.1) is 0 Å². The van der Waals surface area contributed by atoms with E-state index in [4.69, 9.17) is 11.5 Å². The van der Waals surface area contributed by atoms with Crippen molar-refractivity contribution in [3.8, 4) is 0 Å². The van der Waals surface area contributed by atoms with E-state index < -0.39 is 35.8 Å². The Balaban J connectivity index is 2.73. The molecule has 0 spiro atoms. The summed E-state index contributed by atoms with van der Waals surface area (Å²) in [5, 5.41) is 5.34. The number of carbonyl (C=O) groups is 3. The normalized spacial score (nSPS) is 14.4. The zero-order valence-electron chi connectivity index (χ0n) is 16.0. The highest BCUT2D eigenvalue weighted by molar-refractivity contribution is 7.98. The predicted molar refractivity (Wildman–Crippen MR) is 106 cm³/mol. The highest BCUT2D eigenvalue weighted by atomic mass is 32.2. The molecule has 27 heavy (non-hydrogen) atoms. The minimum Gasteiger partial charge on any atom is -0.368 e. The molecule has 0 aromatic carbocycles. The van der Waals surface area contributed by atoms with Crippen LogP contribution in [0.1, 0.15) is 32.4 Å². The van der Waals surface area contributed by atoms with Gasteiger partial charge < -0.3 is 27.1 Å². The smallest absolute Gasteiger partial charge is 0.243 e. The van der Waals surface area contributed by atoms with Crippen LogP contribution in [-0.4, -0.2) is 57.8 Å². The third kappa shape index (κ3) is 8.44. The number of nitrogens with one attached hydrogen (secondary N) is 3. The Bertz CT molecular complexity index is 608. The zero-order valence-corrected chi connectivity index (χ0v) is 16.8. The third-order valence-electron chi connectivity index (χ3n) is 3.93. The van der Waals surface area contributed by atoms with Gasteiger partial charge in [0, 0.05) is 12.6 Å². The van der Waals surface area contributed by atoms with Gasteiger partial charge in [-0.05, 0) is 30.8 Å². The monoisotopic (exact) mass is 398 g/mol. The molecule has 1 rings (SSSR count). The van der Waals surface area contributed by atoms with Crippen molar-refractivity contribution in [2.45, 2.75) is 51.2 Å². The Hall–Kier alpha value is -2.07. The second-order valence-corrected chi connectivity index (χ2v) is 7.79. The summed E-state index contributed by atoms with van der Waals surface area (Å²) in [6.07, 6.45) is 6.18. The molecule has 0 saturated carbocycles. The van der Waals surface area contributed by atoms with Crippen molar-refractivity contribution < 1.29 is 14.4 Å². The van der Waals surface area contributed by atoms with E-state index in [1.165, 1.54) is 6.33 Å². The molecule has 1 aromatic rings. The van der Waals surface area contributed by atoms with E-state index >= 15 is 0 Å². The molecule has 1 aromatic heterocycles. The number of carbonyl (C=O) groups excluding carboxylic acids is 3.